The van der Waals surface area contributed by atoms with Crippen molar-refractivity contribution in [2.24, 2.45) is 5.41 Å². The summed E-state index contributed by atoms with van der Waals surface area (Å²) in [6.45, 7) is 6.11. The van der Waals surface area contributed by atoms with E-state index in [9.17, 15) is 8.42 Å². The van der Waals surface area contributed by atoms with Crippen LogP contribution in [0.3, 0.4) is 0 Å². The monoisotopic (exact) mass is 307 g/mol. The molecule has 6 heteroatoms. The van der Waals surface area contributed by atoms with Gasteiger partial charge in [0.05, 0.1) is 16.5 Å². The number of sulfonamides is 1. The summed E-state index contributed by atoms with van der Waals surface area (Å²) < 4.78 is 27.6. The van der Waals surface area contributed by atoms with Crippen LogP contribution in [-0.2, 0) is 10.0 Å². The molecule has 2 N–H and O–H groups in total. The van der Waals surface area contributed by atoms with Crippen molar-refractivity contribution in [2.75, 3.05) is 19.6 Å². The molecule has 0 bridgehead atoms. The third kappa shape index (κ3) is 3.82. The van der Waals surface area contributed by atoms with Crippen molar-refractivity contribution in [3.8, 4) is 6.07 Å². The SMILES string of the molecule is Cc1cc(C#N)ccc1S(=O)(=O)NCC1(C)CCNCC1. The number of rotatable bonds is 4. The van der Waals surface area contributed by atoms with Crippen LogP contribution < -0.4 is 10.0 Å². The standard InChI is InChI=1S/C15H21N3O2S/c1-12-9-13(10-16)3-4-14(12)21(19,20)18-11-15(2)5-7-17-8-6-15/h3-4,9,17-18H,5-8,11H2,1-2H3. The number of hydrogen-bond donors (Lipinski definition) is 2. The second kappa shape index (κ2) is 6.14. The zero-order valence-electron chi connectivity index (χ0n) is 12.4. The number of aryl methyl sites for hydroxylation is 1. The van der Waals surface area contributed by atoms with Gasteiger partial charge >= 0.3 is 0 Å². The minimum absolute atomic E-state index is 0.00117. The molecule has 1 saturated heterocycles. The van der Waals surface area contributed by atoms with Crippen molar-refractivity contribution in [3.05, 3.63) is 29.3 Å². The normalized spacial score (nSPS) is 18.1. The molecule has 1 aromatic carbocycles. The first-order valence-electron chi connectivity index (χ1n) is 7.07. The fraction of sp³-hybridized carbons (Fsp3) is 0.533. The van der Waals surface area contributed by atoms with Gasteiger partial charge in [0.1, 0.15) is 0 Å². The van der Waals surface area contributed by atoms with E-state index in [0.717, 1.165) is 25.9 Å². The summed E-state index contributed by atoms with van der Waals surface area (Å²) in [6.07, 6.45) is 1.92. The number of nitrogens with one attached hydrogen (secondary N) is 2. The van der Waals surface area contributed by atoms with Crippen molar-refractivity contribution >= 4 is 10.0 Å². The first-order chi connectivity index (χ1) is 9.86. The molecule has 0 spiro atoms. The maximum Gasteiger partial charge on any atom is 0.240 e. The van der Waals surface area contributed by atoms with Gasteiger partial charge < -0.3 is 5.32 Å². The third-order valence-corrected chi connectivity index (χ3v) is 5.65. The summed E-state index contributed by atoms with van der Waals surface area (Å²) >= 11 is 0. The van der Waals surface area contributed by atoms with Crippen LogP contribution >= 0.6 is 0 Å². The van der Waals surface area contributed by atoms with Crippen LogP contribution in [0.1, 0.15) is 30.9 Å². The molecular formula is C15H21N3O2S. The Labute approximate surface area is 126 Å². The molecule has 0 atom stereocenters. The lowest BCUT2D eigenvalue weighted by atomic mass is 9.81. The molecule has 5 nitrogen and oxygen atoms in total. The molecule has 1 aromatic rings. The van der Waals surface area contributed by atoms with Crippen LogP contribution in [0.2, 0.25) is 0 Å². The molecule has 1 heterocycles. The number of nitrogens with zero attached hydrogens (tertiary/aromatic N) is 1. The molecular weight excluding hydrogens is 286 g/mol. The van der Waals surface area contributed by atoms with Crippen LogP contribution in [0.5, 0.6) is 0 Å². The van der Waals surface area contributed by atoms with Gasteiger partial charge in [-0.2, -0.15) is 5.26 Å². The summed E-state index contributed by atoms with van der Waals surface area (Å²) in [7, 11) is -3.53. The number of nitriles is 1. The van der Waals surface area contributed by atoms with Gasteiger partial charge in [0.2, 0.25) is 10.0 Å². The topological polar surface area (TPSA) is 82.0 Å². The molecule has 0 saturated carbocycles. The van der Waals surface area contributed by atoms with Crippen molar-refractivity contribution in [1.82, 2.24) is 10.0 Å². The van der Waals surface area contributed by atoms with E-state index < -0.39 is 10.0 Å². The van der Waals surface area contributed by atoms with Crippen molar-refractivity contribution in [1.29, 1.82) is 5.26 Å². The lowest BCUT2D eigenvalue weighted by Crippen LogP contribution is -2.42. The average molecular weight is 307 g/mol. The molecule has 114 valence electrons. The van der Waals surface area contributed by atoms with Gasteiger partial charge in [-0.15, -0.1) is 0 Å². The molecule has 1 fully saturated rings. The zero-order valence-corrected chi connectivity index (χ0v) is 13.3. The fourth-order valence-electron chi connectivity index (χ4n) is 2.57. The molecule has 0 radical (unpaired) electrons. The highest BCUT2D eigenvalue weighted by molar-refractivity contribution is 7.89. The molecule has 0 aliphatic carbocycles. The molecule has 0 amide bonds. The van der Waals surface area contributed by atoms with Crippen LogP contribution in [-0.4, -0.2) is 28.1 Å². The first kappa shape index (κ1) is 16.0. The lowest BCUT2D eigenvalue weighted by Gasteiger charge is -2.34. The number of benzene rings is 1. The Balaban J connectivity index is 2.13. The van der Waals surface area contributed by atoms with Crippen LogP contribution in [0.15, 0.2) is 23.1 Å². The highest BCUT2D eigenvalue weighted by atomic mass is 32.2. The molecule has 1 aliphatic heterocycles. The predicted octanol–water partition coefficient (Wildman–Crippen LogP) is 1.53. The molecule has 0 unspecified atom stereocenters. The minimum Gasteiger partial charge on any atom is -0.317 e. The first-order valence-corrected chi connectivity index (χ1v) is 8.56. The number of hydrogen-bond acceptors (Lipinski definition) is 4. The van der Waals surface area contributed by atoms with Crippen molar-refractivity contribution < 1.29 is 8.42 Å². The van der Waals surface area contributed by atoms with Crippen LogP contribution in [0.4, 0.5) is 0 Å². The predicted molar refractivity (Wildman–Crippen MR) is 81.3 cm³/mol. The van der Waals surface area contributed by atoms with E-state index in [-0.39, 0.29) is 10.3 Å². The Morgan fingerprint density at radius 3 is 2.62 bits per heavy atom. The highest BCUT2D eigenvalue weighted by Crippen LogP contribution is 2.27. The largest absolute Gasteiger partial charge is 0.317 e. The van der Waals surface area contributed by atoms with Crippen molar-refractivity contribution in [3.63, 3.8) is 0 Å². The van der Waals surface area contributed by atoms with E-state index in [1.165, 1.54) is 12.1 Å². The number of piperidine rings is 1. The Morgan fingerprint density at radius 2 is 2.05 bits per heavy atom. The van der Waals surface area contributed by atoms with Crippen LogP contribution in [0, 0.1) is 23.7 Å². The maximum atomic E-state index is 12.4. The van der Waals surface area contributed by atoms with E-state index in [1.807, 2.05) is 6.07 Å². The molecule has 21 heavy (non-hydrogen) atoms. The van der Waals surface area contributed by atoms with Gasteiger partial charge in [-0.25, -0.2) is 13.1 Å². The zero-order chi connectivity index (χ0) is 15.5. The smallest absolute Gasteiger partial charge is 0.240 e. The summed E-state index contributed by atoms with van der Waals surface area (Å²) in [5.74, 6) is 0. The van der Waals surface area contributed by atoms with Gasteiger partial charge in [0.25, 0.3) is 0 Å². The maximum absolute atomic E-state index is 12.4. The Morgan fingerprint density at radius 1 is 1.38 bits per heavy atom. The Kier molecular flexibility index (Phi) is 4.67. The van der Waals surface area contributed by atoms with Crippen molar-refractivity contribution in [2.45, 2.75) is 31.6 Å². The van der Waals surface area contributed by atoms with E-state index in [2.05, 4.69) is 17.0 Å². The fourth-order valence-corrected chi connectivity index (χ4v) is 4.00. The van der Waals surface area contributed by atoms with Crippen LogP contribution in [0.25, 0.3) is 0 Å². The minimum atomic E-state index is -3.53. The van der Waals surface area contributed by atoms with E-state index in [0.29, 0.717) is 17.7 Å². The van der Waals surface area contributed by atoms with Gasteiger partial charge in [0, 0.05) is 6.54 Å². The summed E-state index contributed by atoms with van der Waals surface area (Å²) in [4.78, 5) is 0.249. The summed E-state index contributed by atoms with van der Waals surface area (Å²) in [5.41, 5.74) is 1.06. The van der Waals surface area contributed by atoms with E-state index in [1.54, 1.807) is 13.0 Å². The van der Waals surface area contributed by atoms with Gasteiger partial charge in [-0.1, -0.05) is 6.92 Å². The Hall–Kier alpha value is -1.42. The van der Waals surface area contributed by atoms with E-state index >= 15 is 0 Å². The lowest BCUT2D eigenvalue weighted by molar-refractivity contribution is 0.232. The van der Waals surface area contributed by atoms with Gasteiger partial charge in [-0.05, 0) is 62.0 Å². The summed E-state index contributed by atoms with van der Waals surface area (Å²) in [5, 5.41) is 12.1. The third-order valence-electron chi connectivity index (χ3n) is 4.09. The molecule has 2 rings (SSSR count). The average Bonchev–Trinajstić information content (AvgIpc) is 2.46. The molecule has 0 aromatic heterocycles. The van der Waals surface area contributed by atoms with Gasteiger partial charge in [0.15, 0.2) is 0 Å². The van der Waals surface area contributed by atoms with E-state index in [4.69, 9.17) is 5.26 Å². The summed E-state index contributed by atoms with van der Waals surface area (Å²) in [6, 6.07) is 6.65. The highest BCUT2D eigenvalue weighted by Gasteiger charge is 2.29. The van der Waals surface area contributed by atoms with Gasteiger partial charge in [-0.3, -0.25) is 0 Å². The Bertz CT molecular complexity index is 656. The quantitative estimate of drug-likeness (QED) is 0.884. The molecule has 1 aliphatic rings. The second-order valence-electron chi connectivity index (χ2n) is 5.98. The second-order valence-corrected chi connectivity index (χ2v) is 7.71.